The molecule has 0 aliphatic rings. The van der Waals surface area contributed by atoms with Crippen molar-refractivity contribution in [3.8, 4) is 0 Å². The minimum atomic E-state index is -6.58. The minimum absolute atomic E-state index is 1.26. The molecule has 2 N–H and O–H groups in total. The standard InChI is InChI=1S/C5H5F8NO/c6-2(15-1-14)3(7,8)4(9,10)5(11,12)13/h2H,1,14H2. The van der Waals surface area contributed by atoms with Gasteiger partial charge in [-0.2, -0.15) is 30.7 Å². The van der Waals surface area contributed by atoms with Crippen molar-refractivity contribution >= 4 is 0 Å². The molecule has 0 saturated heterocycles. The Hall–Kier alpha value is -0.640. The van der Waals surface area contributed by atoms with Gasteiger partial charge in [-0.3, -0.25) is 0 Å². The normalized spacial score (nSPS) is 16.6. The van der Waals surface area contributed by atoms with Crippen LogP contribution in [0.25, 0.3) is 0 Å². The number of rotatable bonds is 4. The summed E-state index contributed by atoms with van der Waals surface area (Å²) in [6, 6.07) is 0. The van der Waals surface area contributed by atoms with E-state index < -0.39 is 31.1 Å². The first-order valence-electron chi connectivity index (χ1n) is 3.26. The lowest BCUT2D eigenvalue weighted by Crippen LogP contribution is -2.57. The number of alkyl halides is 8. The molecule has 0 aromatic carbocycles. The van der Waals surface area contributed by atoms with Gasteiger partial charge >= 0.3 is 18.0 Å². The first-order chi connectivity index (χ1) is 6.48. The maximum atomic E-state index is 12.3. The van der Waals surface area contributed by atoms with Crippen molar-refractivity contribution in [1.82, 2.24) is 0 Å². The van der Waals surface area contributed by atoms with E-state index in [2.05, 4.69) is 10.5 Å². The molecule has 0 heterocycles. The lowest BCUT2D eigenvalue weighted by atomic mass is 10.1. The molecule has 2 nitrogen and oxygen atoms in total. The molecule has 92 valence electrons. The number of ether oxygens (including phenoxy) is 1. The van der Waals surface area contributed by atoms with Crippen LogP contribution in [0.3, 0.4) is 0 Å². The van der Waals surface area contributed by atoms with Crippen molar-refractivity contribution < 1.29 is 39.9 Å². The molecule has 0 aliphatic carbocycles. The van der Waals surface area contributed by atoms with Crippen LogP contribution >= 0.6 is 0 Å². The van der Waals surface area contributed by atoms with Gasteiger partial charge in [-0.05, 0) is 0 Å². The van der Waals surface area contributed by atoms with E-state index in [9.17, 15) is 35.1 Å². The van der Waals surface area contributed by atoms with Crippen LogP contribution in [-0.4, -0.2) is 31.1 Å². The van der Waals surface area contributed by atoms with E-state index in [0.717, 1.165) is 0 Å². The fraction of sp³-hybridized carbons (Fsp3) is 1.00. The Balaban J connectivity index is 5.00. The predicted molar refractivity (Wildman–Crippen MR) is 31.0 cm³/mol. The molecular weight excluding hydrogens is 242 g/mol. The SMILES string of the molecule is NCOC(F)C(F)(F)C(F)(F)C(F)(F)F. The Kier molecular flexibility index (Phi) is 3.91. The molecule has 0 aromatic heterocycles. The van der Waals surface area contributed by atoms with E-state index >= 15 is 0 Å². The summed E-state index contributed by atoms with van der Waals surface area (Å²) < 4.78 is 98.3. The third kappa shape index (κ3) is 2.48. The van der Waals surface area contributed by atoms with Crippen molar-refractivity contribution in [2.45, 2.75) is 24.4 Å². The zero-order valence-electron chi connectivity index (χ0n) is 6.79. The van der Waals surface area contributed by atoms with Crippen molar-refractivity contribution in [3.63, 3.8) is 0 Å². The molecule has 0 spiro atoms. The van der Waals surface area contributed by atoms with E-state index in [4.69, 9.17) is 0 Å². The summed E-state index contributed by atoms with van der Waals surface area (Å²) in [6.07, 6.45) is -10.7. The zero-order chi connectivity index (χ0) is 12.5. The lowest BCUT2D eigenvalue weighted by molar-refractivity contribution is -0.386. The third-order valence-corrected chi connectivity index (χ3v) is 1.30. The van der Waals surface area contributed by atoms with Crippen LogP contribution in [0.15, 0.2) is 0 Å². The van der Waals surface area contributed by atoms with E-state index in [0.29, 0.717) is 0 Å². The molecule has 0 rings (SSSR count). The topological polar surface area (TPSA) is 35.2 Å². The number of nitrogens with two attached hydrogens (primary N) is 1. The third-order valence-electron chi connectivity index (χ3n) is 1.30. The van der Waals surface area contributed by atoms with Crippen molar-refractivity contribution in [2.75, 3.05) is 6.73 Å². The Labute approximate surface area is 78.0 Å². The fourth-order valence-electron chi connectivity index (χ4n) is 0.521. The molecule has 0 aliphatic heterocycles. The average Bonchev–Trinajstić information content (AvgIpc) is 2.02. The molecule has 0 bridgehead atoms. The van der Waals surface area contributed by atoms with Crippen LogP contribution in [0.1, 0.15) is 0 Å². The summed E-state index contributed by atoms with van der Waals surface area (Å²) in [5, 5.41) is 0. The average molecular weight is 247 g/mol. The van der Waals surface area contributed by atoms with Gasteiger partial charge in [0.15, 0.2) is 0 Å². The maximum absolute atomic E-state index is 12.3. The number of hydrogen-bond donors (Lipinski definition) is 1. The smallest absolute Gasteiger partial charge is 0.328 e. The van der Waals surface area contributed by atoms with Gasteiger partial charge in [-0.15, -0.1) is 0 Å². The number of halogens is 8. The molecule has 0 saturated carbocycles. The van der Waals surface area contributed by atoms with Crippen molar-refractivity contribution in [1.29, 1.82) is 0 Å². The molecule has 0 aromatic rings. The van der Waals surface area contributed by atoms with E-state index in [1.165, 1.54) is 0 Å². The van der Waals surface area contributed by atoms with Gasteiger partial charge in [0.1, 0.15) is 0 Å². The van der Waals surface area contributed by atoms with Gasteiger partial charge in [0.2, 0.25) is 0 Å². The van der Waals surface area contributed by atoms with Crippen LogP contribution in [0.2, 0.25) is 0 Å². The Bertz CT molecular complexity index is 214. The summed E-state index contributed by atoms with van der Waals surface area (Å²) >= 11 is 0. The second-order valence-corrected chi connectivity index (χ2v) is 2.34. The highest BCUT2D eigenvalue weighted by atomic mass is 19.4. The van der Waals surface area contributed by atoms with Gasteiger partial charge in [0, 0.05) is 0 Å². The van der Waals surface area contributed by atoms with Crippen LogP contribution in [0.4, 0.5) is 35.1 Å². The Morgan fingerprint density at radius 2 is 1.40 bits per heavy atom. The summed E-state index contributed by atoms with van der Waals surface area (Å²) in [5.41, 5.74) is 4.36. The minimum Gasteiger partial charge on any atom is -0.328 e. The second kappa shape index (κ2) is 4.08. The fourth-order valence-corrected chi connectivity index (χ4v) is 0.521. The van der Waals surface area contributed by atoms with Gasteiger partial charge in [0.25, 0.3) is 6.36 Å². The highest BCUT2D eigenvalue weighted by Crippen LogP contribution is 2.48. The monoisotopic (exact) mass is 247 g/mol. The summed E-state index contributed by atoms with van der Waals surface area (Å²) in [6.45, 7) is -1.26. The molecule has 0 radical (unpaired) electrons. The molecule has 0 fully saturated rings. The van der Waals surface area contributed by atoms with E-state index in [1.807, 2.05) is 0 Å². The Morgan fingerprint density at radius 3 is 1.67 bits per heavy atom. The second-order valence-electron chi connectivity index (χ2n) is 2.34. The van der Waals surface area contributed by atoms with Crippen molar-refractivity contribution in [3.05, 3.63) is 0 Å². The van der Waals surface area contributed by atoms with Crippen LogP contribution in [-0.2, 0) is 4.74 Å². The van der Waals surface area contributed by atoms with Crippen LogP contribution in [0, 0.1) is 0 Å². The highest BCUT2D eigenvalue weighted by Gasteiger charge is 2.76. The number of hydrogen-bond acceptors (Lipinski definition) is 2. The van der Waals surface area contributed by atoms with Crippen LogP contribution in [0.5, 0.6) is 0 Å². The molecule has 15 heavy (non-hydrogen) atoms. The van der Waals surface area contributed by atoms with Gasteiger partial charge in [-0.1, -0.05) is 0 Å². The zero-order valence-corrected chi connectivity index (χ0v) is 6.79. The van der Waals surface area contributed by atoms with E-state index in [-0.39, 0.29) is 0 Å². The van der Waals surface area contributed by atoms with Gasteiger partial charge in [0.05, 0.1) is 6.73 Å². The maximum Gasteiger partial charge on any atom is 0.460 e. The summed E-state index contributed by atoms with van der Waals surface area (Å²) in [5.74, 6) is -12.6. The molecule has 1 atom stereocenters. The molecule has 1 unspecified atom stereocenters. The predicted octanol–water partition coefficient (Wildman–Crippen LogP) is 2.05. The molecule has 10 heteroatoms. The summed E-state index contributed by atoms with van der Waals surface area (Å²) in [4.78, 5) is 0. The molecular formula is C5H5F8NO. The van der Waals surface area contributed by atoms with E-state index in [1.54, 1.807) is 0 Å². The summed E-state index contributed by atoms with van der Waals surface area (Å²) in [7, 11) is 0. The first kappa shape index (κ1) is 14.4. The highest BCUT2D eigenvalue weighted by molar-refractivity contribution is 4.93. The lowest BCUT2D eigenvalue weighted by Gasteiger charge is -2.29. The Morgan fingerprint density at radius 1 is 1.00 bits per heavy atom. The quantitative estimate of drug-likeness (QED) is 0.609. The van der Waals surface area contributed by atoms with Gasteiger partial charge < -0.3 is 10.5 Å². The van der Waals surface area contributed by atoms with Crippen LogP contribution < -0.4 is 5.73 Å². The molecule has 0 amide bonds. The first-order valence-corrected chi connectivity index (χ1v) is 3.26. The van der Waals surface area contributed by atoms with Gasteiger partial charge in [-0.25, -0.2) is 4.39 Å². The van der Waals surface area contributed by atoms with Crippen molar-refractivity contribution in [2.24, 2.45) is 5.73 Å². The largest absolute Gasteiger partial charge is 0.460 e.